The van der Waals surface area contributed by atoms with Crippen molar-refractivity contribution in [1.29, 1.82) is 5.26 Å². The van der Waals surface area contributed by atoms with Crippen LogP contribution in [0.15, 0.2) is 24.3 Å². The van der Waals surface area contributed by atoms with Crippen LogP contribution in [0.25, 0.3) is 0 Å². The summed E-state index contributed by atoms with van der Waals surface area (Å²) in [5, 5.41) is 8.87. The molecule has 1 amide bonds. The van der Waals surface area contributed by atoms with Crippen LogP contribution in [0.3, 0.4) is 0 Å². The van der Waals surface area contributed by atoms with Crippen LogP contribution in [0.2, 0.25) is 0 Å². The van der Waals surface area contributed by atoms with Crippen LogP contribution in [0.1, 0.15) is 32.3 Å². The standard InChI is InChI=1S/C18H23N3O/c1-18(2)12-16(18)17(22)21-9-3-8-20(10-11-21)15-6-4-14(13-19)5-7-15/h4-7,16H,3,8-12H2,1-2H3. The Balaban J connectivity index is 1.62. The number of anilines is 1. The molecule has 0 bridgehead atoms. The van der Waals surface area contributed by atoms with Gasteiger partial charge in [0.1, 0.15) is 0 Å². The van der Waals surface area contributed by atoms with Gasteiger partial charge < -0.3 is 9.80 Å². The summed E-state index contributed by atoms with van der Waals surface area (Å²) in [6.07, 6.45) is 2.03. The van der Waals surface area contributed by atoms with E-state index in [0.29, 0.717) is 11.5 Å². The van der Waals surface area contributed by atoms with Gasteiger partial charge in [-0.1, -0.05) is 13.8 Å². The van der Waals surface area contributed by atoms with Gasteiger partial charge in [0.25, 0.3) is 0 Å². The fourth-order valence-corrected chi connectivity index (χ4v) is 3.25. The molecule has 0 aromatic heterocycles. The van der Waals surface area contributed by atoms with E-state index < -0.39 is 0 Å². The van der Waals surface area contributed by atoms with E-state index in [4.69, 9.17) is 5.26 Å². The van der Waals surface area contributed by atoms with E-state index >= 15 is 0 Å². The maximum Gasteiger partial charge on any atom is 0.226 e. The van der Waals surface area contributed by atoms with Crippen LogP contribution in [0, 0.1) is 22.7 Å². The van der Waals surface area contributed by atoms with E-state index in [2.05, 4.69) is 24.8 Å². The van der Waals surface area contributed by atoms with E-state index in [0.717, 1.165) is 44.7 Å². The number of nitriles is 1. The number of rotatable bonds is 2. The molecule has 1 atom stereocenters. The molecular formula is C18H23N3O. The Morgan fingerprint density at radius 1 is 1.18 bits per heavy atom. The molecule has 2 aliphatic rings. The molecule has 1 aromatic rings. The second-order valence-electron chi connectivity index (χ2n) is 7.07. The summed E-state index contributed by atoms with van der Waals surface area (Å²) in [5.41, 5.74) is 2.03. The molecule has 4 heteroatoms. The number of benzene rings is 1. The first-order chi connectivity index (χ1) is 10.5. The topological polar surface area (TPSA) is 47.3 Å². The zero-order chi connectivity index (χ0) is 15.7. The third kappa shape index (κ3) is 2.94. The van der Waals surface area contributed by atoms with Crippen molar-refractivity contribution >= 4 is 11.6 Å². The Hall–Kier alpha value is -2.02. The fourth-order valence-electron chi connectivity index (χ4n) is 3.25. The molecule has 1 saturated heterocycles. The van der Waals surface area contributed by atoms with Gasteiger partial charge in [-0.05, 0) is 42.5 Å². The zero-order valence-electron chi connectivity index (χ0n) is 13.4. The number of amides is 1. The van der Waals surface area contributed by atoms with Gasteiger partial charge in [0.15, 0.2) is 0 Å². The maximum absolute atomic E-state index is 12.5. The molecular weight excluding hydrogens is 274 g/mol. The van der Waals surface area contributed by atoms with Crippen molar-refractivity contribution in [1.82, 2.24) is 4.90 Å². The average Bonchev–Trinajstić information content (AvgIpc) is 3.22. The van der Waals surface area contributed by atoms with Gasteiger partial charge >= 0.3 is 0 Å². The minimum atomic E-state index is 0.205. The lowest BCUT2D eigenvalue weighted by molar-refractivity contribution is -0.133. The summed E-state index contributed by atoms with van der Waals surface area (Å²) in [5.74, 6) is 0.570. The molecule has 1 unspecified atom stereocenters. The summed E-state index contributed by atoms with van der Waals surface area (Å²) in [6, 6.07) is 9.86. The van der Waals surface area contributed by atoms with Gasteiger partial charge in [-0.2, -0.15) is 5.26 Å². The first kappa shape index (κ1) is 14.9. The average molecular weight is 297 g/mol. The predicted octanol–water partition coefficient (Wildman–Crippen LogP) is 2.64. The Morgan fingerprint density at radius 2 is 1.86 bits per heavy atom. The van der Waals surface area contributed by atoms with Crippen molar-refractivity contribution in [2.45, 2.75) is 26.7 Å². The van der Waals surface area contributed by atoms with Gasteiger partial charge in [0.05, 0.1) is 11.6 Å². The van der Waals surface area contributed by atoms with E-state index in [9.17, 15) is 4.79 Å². The first-order valence-electron chi connectivity index (χ1n) is 8.05. The quantitative estimate of drug-likeness (QED) is 0.843. The Labute approximate surface area is 132 Å². The SMILES string of the molecule is CC1(C)CC1C(=O)N1CCCN(c2ccc(C#N)cc2)CC1. The summed E-state index contributed by atoms with van der Waals surface area (Å²) >= 11 is 0. The van der Waals surface area contributed by atoms with Gasteiger partial charge in [0.2, 0.25) is 5.91 Å². The molecule has 2 fully saturated rings. The summed E-state index contributed by atoms with van der Waals surface area (Å²) in [7, 11) is 0. The van der Waals surface area contributed by atoms with E-state index in [-0.39, 0.29) is 11.3 Å². The van der Waals surface area contributed by atoms with Crippen molar-refractivity contribution in [2.75, 3.05) is 31.1 Å². The zero-order valence-corrected chi connectivity index (χ0v) is 13.4. The lowest BCUT2D eigenvalue weighted by atomic mass is 10.1. The molecule has 1 aliphatic heterocycles. The van der Waals surface area contributed by atoms with Gasteiger partial charge in [-0.15, -0.1) is 0 Å². The molecule has 1 aromatic carbocycles. The minimum Gasteiger partial charge on any atom is -0.370 e. The number of carbonyl (C=O) groups excluding carboxylic acids is 1. The molecule has 0 radical (unpaired) electrons. The monoisotopic (exact) mass is 297 g/mol. The highest BCUT2D eigenvalue weighted by atomic mass is 16.2. The smallest absolute Gasteiger partial charge is 0.226 e. The highest BCUT2D eigenvalue weighted by molar-refractivity contribution is 5.82. The van der Waals surface area contributed by atoms with Gasteiger partial charge in [-0.3, -0.25) is 4.79 Å². The molecule has 1 heterocycles. The molecule has 0 spiro atoms. The van der Waals surface area contributed by atoms with E-state index in [1.165, 1.54) is 0 Å². The van der Waals surface area contributed by atoms with Crippen molar-refractivity contribution in [3.05, 3.63) is 29.8 Å². The van der Waals surface area contributed by atoms with E-state index in [1.807, 2.05) is 29.2 Å². The molecule has 116 valence electrons. The van der Waals surface area contributed by atoms with Gasteiger partial charge in [0, 0.05) is 37.8 Å². The Bertz CT molecular complexity index is 600. The summed E-state index contributed by atoms with van der Waals surface area (Å²) in [4.78, 5) is 16.9. The maximum atomic E-state index is 12.5. The van der Waals surface area contributed by atoms with Crippen LogP contribution in [-0.2, 0) is 4.79 Å². The highest BCUT2D eigenvalue weighted by Gasteiger charge is 2.51. The molecule has 0 N–H and O–H groups in total. The number of hydrogen-bond donors (Lipinski definition) is 0. The Morgan fingerprint density at radius 3 is 2.45 bits per heavy atom. The first-order valence-corrected chi connectivity index (χ1v) is 8.05. The van der Waals surface area contributed by atoms with Gasteiger partial charge in [-0.25, -0.2) is 0 Å². The van der Waals surface area contributed by atoms with Crippen molar-refractivity contribution in [2.24, 2.45) is 11.3 Å². The fraction of sp³-hybridized carbons (Fsp3) is 0.556. The largest absolute Gasteiger partial charge is 0.370 e. The number of carbonyl (C=O) groups is 1. The Kier molecular flexibility index (Phi) is 3.82. The predicted molar refractivity (Wildman–Crippen MR) is 86.5 cm³/mol. The van der Waals surface area contributed by atoms with Crippen molar-refractivity contribution in [3.8, 4) is 6.07 Å². The molecule has 1 saturated carbocycles. The molecule has 4 nitrogen and oxygen atoms in total. The lowest BCUT2D eigenvalue weighted by Crippen LogP contribution is -2.36. The van der Waals surface area contributed by atoms with Crippen LogP contribution < -0.4 is 4.90 Å². The summed E-state index contributed by atoms with van der Waals surface area (Å²) < 4.78 is 0. The third-order valence-electron chi connectivity index (χ3n) is 4.98. The molecule has 22 heavy (non-hydrogen) atoms. The van der Waals surface area contributed by atoms with Crippen LogP contribution in [-0.4, -0.2) is 37.0 Å². The van der Waals surface area contributed by atoms with Crippen molar-refractivity contribution in [3.63, 3.8) is 0 Å². The molecule has 1 aliphatic carbocycles. The third-order valence-corrected chi connectivity index (χ3v) is 4.98. The summed E-state index contributed by atoms with van der Waals surface area (Å²) in [6.45, 7) is 7.84. The number of hydrogen-bond acceptors (Lipinski definition) is 3. The normalized spacial score (nSPS) is 23.6. The number of nitrogens with zero attached hydrogens (tertiary/aromatic N) is 3. The second kappa shape index (κ2) is 5.64. The lowest BCUT2D eigenvalue weighted by Gasteiger charge is -2.24. The van der Waals surface area contributed by atoms with E-state index in [1.54, 1.807) is 0 Å². The van der Waals surface area contributed by atoms with Crippen LogP contribution in [0.5, 0.6) is 0 Å². The van der Waals surface area contributed by atoms with Crippen LogP contribution in [0.4, 0.5) is 5.69 Å². The highest BCUT2D eigenvalue weighted by Crippen LogP contribution is 2.52. The molecule has 3 rings (SSSR count). The van der Waals surface area contributed by atoms with Crippen LogP contribution >= 0.6 is 0 Å². The van der Waals surface area contributed by atoms with Crippen molar-refractivity contribution < 1.29 is 4.79 Å². The second-order valence-corrected chi connectivity index (χ2v) is 7.07. The minimum absolute atomic E-state index is 0.205.